The van der Waals surface area contributed by atoms with E-state index in [2.05, 4.69) is 14.8 Å². The average molecular weight is 412 g/mol. The Kier molecular flexibility index (Phi) is 7.47. The second kappa shape index (κ2) is 9.61. The summed E-state index contributed by atoms with van der Waals surface area (Å²) in [5, 5.41) is 2.77. The van der Waals surface area contributed by atoms with Gasteiger partial charge >= 0.3 is 6.61 Å². The van der Waals surface area contributed by atoms with E-state index in [1.54, 1.807) is 32.0 Å². The van der Waals surface area contributed by atoms with Crippen molar-refractivity contribution in [1.29, 1.82) is 0 Å². The van der Waals surface area contributed by atoms with Gasteiger partial charge in [-0.2, -0.15) is 8.78 Å². The minimum absolute atomic E-state index is 0.00303. The van der Waals surface area contributed by atoms with Crippen LogP contribution in [0.1, 0.15) is 42.2 Å². The smallest absolute Gasteiger partial charge is 0.387 e. The molecule has 0 aliphatic heterocycles. The molecule has 0 spiro atoms. The van der Waals surface area contributed by atoms with Crippen molar-refractivity contribution in [2.75, 3.05) is 6.54 Å². The first-order chi connectivity index (χ1) is 13.3. The maximum atomic E-state index is 12.6. The molecule has 6 nitrogen and oxygen atoms in total. The molecule has 1 atom stereocenters. The molecule has 0 heterocycles. The maximum Gasteiger partial charge on any atom is 0.387 e. The topological polar surface area (TPSA) is 84.5 Å². The molecule has 0 aliphatic rings. The highest BCUT2D eigenvalue weighted by molar-refractivity contribution is 7.89. The summed E-state index contributed by atoms with van der Waals surface area (Å²) < 4.78 is 56.1. The number of amides is 1. The van der Waals surface area contributed by atoms with Gasteiger partial charge in [0.2, 0.25) is 10.0 Å². The number of para-hydroxylation sites is 1. The van der Waals surface area contributed by atoms with E-state index in [1.807, 2.05) is 0 Å². The van der Waals surface area contributed by atoms with E-state index >= 15 is 0 Å². The van der Waals surface area contributed by atoms with Crippen molar-refractivity contribution in [3.8, 4) is 5.75 Å². The summed E-state index contributed by atoms with van der Waals surface area (Å²) in [5.41, 5.74) is 0.686. The third-order valence-corrected chi connectivity index (χ3v) is 5.55. The van der Waals surface area contributed by atoms with E-state index < -0.39 is 28.6 Å². The molecule has 1 unspecified atom stereocenters. The Morgan fingerprint density at radius 3 is 2.29 bits per heavy atom. The zero-order chi connectivity index (χ0) is 20.7. The predicted octanol–water partition coefficient (Wildman–Crippen LogP) is 3.47. The number of halogens is 2. The molecule has 2 rings (SSSR count). The Morgan fingerprint density at radius 1 is 1.07 bits per heavy atom. The first-order valence-electron chi connectivity index (χ1n) is 8.72. The number of hydrogen-bond acceptors (Lipinski definition) is 4. The number of alkyl halides is 2. The van der Waals surface area contributed by atoms with Crippen LogP contribution < -0.4 is 14.8 Å². The fourth-order valence-electron chi connectivity index (χ4n) is 2.67. The van der Waals surface area contributed by atoms with Gasteiger partial charge < -0.3 is 10.1 Å². The van der Waals surface area contributed by atoms with E-state index in [9.17, 15) is 22.0 Å². The van der Waals surface area contributed by atoms with Crippen LogP contribution in [-0.2, 0) is 10.0 Å². The summed E-state index contributed by atoms with van der Waals surface area (Å²) in [6.45, 7) is 0.749. The number of benzene rings is 2. The van der Waals surface area contributed by atoms with Crippen molar-refractivity contribution in [3.05, 3.63) is 59.7 Å². The van der Waals surface area contributed by atoms with Crippen LogP contribution >= 0.6 is 0 Å². The largest absolute Gasteiger partial charge is 0.434 e. The molecule has 2 aromatic rings. The normalized spacial score (nSPS) is 12.6. The number of rotatable bonds is 9. The molecule has 152 valence electrons. The molecule has 2 N–H and O–H groups in total. The van der Waals surface area contributed by atoms with E-state index in [0.29, 0.717) is 12.0 Å². The van der Waals surface area contributed by atoms with Gasteiger partial charge in [-0.05, 0) is 36.8 Å². The van der Waals surface area contributed by atoms with Gasteiger partial charge in [-0.3, -0.25) is 4.79 Å². The molecule has 28 heavy (non-hydrogen) atoms. The number of hydrogen-bond donors (Lipinski definition) is 2. The lowest BCUT2D eigenvalue weighted by atomic mass is 10.0. The van der Waals surface area contributed by atoms with Crippen LogP contribution in [0.3, 0.4) is 0 Å². The highest BCUT2D eigenvalue weighted by Gasteiger charge is 2.20. The van der Waals surface area contributed by atoms with Gasteiger partial charge in [-0.15, -0.1) is 0 Å². The quantitative estimate of drug-likeness (QED) is 0.661. The average Bonchev–Trinajstić information content (AvgIpc) is 2.66. The van der Waals surface area contributed by atoms with Gasteiger partial charge in [-0.25, -0.2) is 13.1 Å². The van der Waals surface area contributed by atoms with Crippen molar-refractivity contribution >= 4 is 15.9 Å². The maximum absolute atomic E-state index is 12.6. The van der Waals surface area contributed by atoms with Crippen molar-refractivity contribution in [1.82, 2.24) is 10.0 Å². The number of carbonyl (C=O) groups excluding carboxylic acids is 1. The zero-order valence-electron chi connectivity index (χ0n) is 15.5. The summed E-state index contributed by atoms with van der Waals surface area (Å²) in [6, 6.07) is 11.2. The number of sulfonamides is 1. The fourth-order valence-corrected chi connectivity index (χ4v) is 3.71. The molecule has 0 radical (unpaired) electrons. The fraction of sp³-hybridized carbons (Fsp3) is 0.316. The number of carbonyl (C=O) groups is 1. The molecule has 9 heteroatoms. The highest BCUT2D eigenvalue weighted by atomic mass is 32.2. The molecule has 0 saturated heterocycles. The van der Waals surface area contributed by atoms with Gasteiger partial charge in [0.1, 0.15) is 5.75 Å². The SMILES string of the molecule is CCNS(=O)(=O)c1ccc(C(=O)NC(CC)c2ccccc2OC(F)F)cc1. The molecule has 0 aliphatic carbocycles. The molecule has 1 amide bonds. The highest BCUT2D eigenvalue weighted by Crippen LogP contribution is 2.28. The van der Waals surface area contributed by atoms with Gasteiger partial charge in [0.05, 0.1) is 10.9 Å². The monoisotopic (exact) mass is 412 g/mol. The molecule has 0 fully saturated rings. The van der Waals surface area contributed by atoms with Gasteiger partial charge in [0.25, 0.3) is 5.91 Å². The third-order valence-electron chi connectivity index (χ3n) is 3.99. The Balaban J connectivity index is 2.19. The van der Waals surface area contributed by atoms with Crippen LogP contribution in [0.15, 0.2) is 53.4 Å². The molecule has 0 saturated carbocycles. The minimum atomic E-state index is -3.61. The molecule has 0 aromatic heterocycles. The van der Waals surface area contributed by atoms with E-state index in [1.165, 1.54) is 30.3 Å². The first-order valence-corrected chi connectivity index (χ1v) is 10.2. The van der Waals surface area contributed by atoms with E-state index in [-0.39, 0.29) is 22.8 Å². The van der Waals surface area contributed by atoms with Crippen LogP contribution in [0, 0.1) is 0 Å². The van der Waals surface area contributed by atoms with Crippen LogP contribution in [0.4, 0.5) is 8.78 Å². The van der Waals surface area contributed by atoms with Gasteiger partial charge in [0.15, 0.2) is 0 Å². The summed E-state index contributed by atoms with van der Waals surface area (Å²) in [4.78, 5) is 12.6. The summed E-state index contributed by atoms with van der Waals surface area (Å²) in [6.07, 6.45) is 0.447. The molecule has 2 aromatic carbocycles. The Labute approximate surface area is 163 Å². The van der Waals surface area contributed by atoms with Crippen molar-refractivity contribution in [3.63, 3.8) is 0 Å². The number of nitrogens with one attached hydrogen (secondary N) is 2. The molecular formula is C19H22F2N2O4S. The standard InChI is InChI=1S/C19H22F2N2O4S/c1-3-16(15-7-5-6-8-17(15)27-19(20)21)23-18(24)13-9-11-14(12-10-13)28(25,26)22-4-2/h5-12,16,19,22H,3-4H2,1-2H3,(H,23,24). The Hall–Kier alpha value is -2.52. The lowest BCUT2D eigenvalue weighted by molar-refractivity contribution is -0.0506. The lowest BCUT2D eigenvalue weighted by Gasteiger charge is -2.20. The van der Waals surface area contributed by atoms with Crippen LogP contribution in [0.2, 0.25) is 0 Å². The van der Waals surface area contributed by atoms with E-state index in [4.69, 9.17) is 0 Å². The number of ether oxygens (including phenoxy) is 1. The van der Waals surface area contributed by atoms with Gasteiger partial charge in [0, 0.05) is 17.7 Å². The second-order valence-corrected chi connectivity index (χ2v) is 7.64. The lowest BCUT2D eigenvalue weighted by Crippen LogP contribution is -2.29. The van der Waals surface area contributed by atoms with Crippen LogP contribution in [-0.4, -0.2) is 27.5 Å². The Morgan fingerprint density at radius 2 is 1.71 bits per heavy atom. The van der Waals surface area contributed by atoms with Crippen molar-refractivity contribution in [2.24, 2.45) is 0 Å². The van der Waals surface area contributed by atoms with Crippen LogP contribution in [0.5, 0.6) is 5.75 Å². The summed E-state index contributed by atoms with van der Waals surface area (Å²) in [5.74, 6) is -0.456. The molecular weight excluding hydrogens is 390 g/mol. The van der Waals surface area contributed by atoms with Crippen molar-refractivity contribution < 1.29 is 26.7 Å². The molecule has 0 bridgehead atoms. The first kappa shape index (κ1) is 21.8. The van der Waals surface area contributed by atoms with Crippen LogP contribution in [0.25, 0.3) is 0 Å². The summed E-state index contributed by atoms with van der Waals surface area (Å²) in [7, 11) is -3.61. The predicted molar refractivity (Wildman–Crippen MR) is 101 cm³/mol. The van der Waals surface area contributed by atoms with E-state index in [0.717, 1.165) is 0 Å². The second-order valence-electron chi connectivity index (χ2n) is 5.88. The van der Waals surface area contributed by atoms with Crippen molar-refractivity contribution in [2.45, 2.75) is 37.8 Å². The third kappa shape index (κ3) is 5.49. The zero-order valence-corrected chi connectivity index (χ0v) is 16.3. The summed E-state index contributed by atoms with van der Waals surface area (Å²) >= 11 is 0. The van der Waals surface area contributed by atoms with Gasteiger partial charge in [-0.1, -0.05) is 32.0 Å². The minimum Gasteiger partial charge on any atom is -0.434 e. The Bertz CT molecular complexity index is 902.